The zero-order valence-corrected chi connectivity index (χ0v) is 10.6. The van der Waals surface area contributed by atoms with Crippen LogP contribution in [-0.4, -0.2) is 5.91 Å². The Morgan fingerprint density at radius 2 is 1.95 bits per heavy atom. The summed E-state index contributed by atoms with van der Waals surface area (Å²) in [6, 6.07) is 12.9. The average Bonchev–Trinajstić information content (AvgIpc) is 2.42. The molecule has 1 heterocycles. The van der Waals surface area contributed by atoms with Crippen LogP contribution in [-0.2, 0) is 11.3 Å². The third-order valence-electron chi connectivity index (χ3n) is 2.71. The average molecular weight is 252 g/mol. The molecule has 1 amide bonds. The van der Waals surface area contributed by atoms with Crippen molar-refractivity contribution in [3.63, 3.8) is 0 Å². The maximum absolute atomic E-state index is 11.9. The van der Waals surface area contributed by atoms with Gasteiger partial charge < -0.3 is 5.32 Å². The molecule has 0 atom stereocenters. The fourth-order valence-electron chi connectivity index (χ4n) is 1.68. The molecule has 0 fully saturated rings. The first-order valence-corrected chi connectivity index (χ1v) is 5.94. The molecule has 1 aromatic carbocycles. The van der Waals surface area contributed by atoms with Crippen molar-refractivity contribution in [3.05, 3.63) is 59.9 Å². The third kappa shape index (κ3) is 3.39. The van der Waals surface area contributed by atoms with E-state index in [9.17, 15) is 4.79 Å². The van der Waals surface area contributed by atoms with E-state index in [2.05, 4.69) is 11.4 Å². The van der Waals surface area contributed by atoms with Gasteiger partial charge in [0, 0.05) is 12.1 Å². The van der Waals surface area contributed by atoms with Crippen molar-refractivity contribution in [2.75, 3.05) is 5.32 Å². The first-order chi connectivity index (χ1) is 9.19. The molecule has 1 aromatic heterocycles. The summed E-state index contributed by atoms with van der Waals surface area (Å²) in [6.45, 7) is 2.22. The van der Waals surface area contributed by atoms with Crippen molar-refractivity contribution in [1.29, 1.82) is 5.26 Å². The van der Waals surface area contributed by atoms with Gasteiger partial charge in [0.25, 0.3) is 5.91 Å². The first-order valence-electron chi connectivity index (χ1n) is 5.94. The number of nitrogens with zero attached hydrogens (tertiary/aromatic N) is 2. The van der Waals surface area contributed by atoms with Crippen LogP contribution in [0.1, 0.15) is 11.1 Å². The molecule has 0 aliphatic rings. The maximum atomic E-state index is 11.9. The van der Waals surface area contributed by atoms with Crippen molar-refractivity contribution in [1.82, 2.24) is 0 Å². The van der Waals surface area contributed by atoms with E-state index in [4.69, 9.17) is 5.26 Å². The number of hydrogen-bond acceptors (Lipinski definition) is 2. The largest absolute Gasteiger partial charge is 0.319 e. The van der Waals surface area contributed by atoms with E-state index in [1.54, 1.807) is 28.8 Å². The van der Waals surface area contributed by atoms with Gasteiger partial charge in [0.1, 0.15) is 6.07 Å². The summed E-state index contributed by atoms with van der Waals surface area (Å²) in [7, 11) is 0. The van der Waals surface area contributed by atoms with Crippen LogP contribution < -0.4 is 9.88 Å². The van der Waals surface area contributed by atoms with E-state index in [0.717, 1.165) is 5.56 Å². The van der Waals surface area contributed by atoms with Gasteiger partial charge in [0.15, 0.2) is 12.4 Å². The van der Waals surface area contributed by atoms with Gasteiger partial charge in [0.05, 0.1) is 11.3 Å². The predicted octanol–water partition coefficient (Wildman–Crippen LogP) is 1.79. The van der Waals surface area contributed by atoms with Gasteiger partial charge in [-0.05, 0) is 24.6 Å². The van der Waals surface area contributed by atoms with Gasteiger partial charge in [-0.25, -0.2) is 0 Å². The van der Waals surface area contributed by atoms with Crippen LogP contribution in [0.2, 0.25) is 0 Å². The molecule has 0 radical (unpaired) electrons. The highest BCUT2D eigenvalue weighted by Gasteiger charge is 2.11. The normalized spacial score (nSPS) is 9.68. The second-order valence-corrected chi connectivity index (χ2v) is 4.25. The van der Waals surface area contributed by atoms with Gasteiger partial charge in [-0.2, -0.15) is 9.83 Å². The third-order valence-corrected chi connectivity index (χ3v) is 2.71. The Balaban J connectivity index is 2.06. The summed E-state index contributed by atoms with van der Waals surface area (Å²) < 4.78 is 1.79. The van der Waals surface area contributed by atoms with E-state index in [-0.39, 0.29) is 12.5 Å². The highest BCUT2D eigenvalue weighted by molar-refractivity contribution is 5.91. The number of hydrogen-bond donors (Lipinski definition) is 1. The molecule has 0 saturated carbocycles. The summed E-state index contributed by atoms with van der Waals surface area (Å²) in [5.74, 6) is -0.156. The molecule has 1 N–H and O–H groups in total. The molecule has 2 rings (SSSR count). The molecule has 2 aromatic rings. The topological polar surface area (TPSA) is 56.8 Å². The Hall–Kier alpha value is -2.67. The number of amides is 1. The number of pyridine rings is 1. The quantitative estimate of drug-likeness (QED) is 0.847. The molecule has 94 valence electrons. The fraction of sp³-hybridized carbons (Fsp3) is 0.133. The summed E-state index contributed by atoms with van der Waals surface area (Å²) in [5.41, 5.74) is 2.15. The Bertz CT molecular complexity index is 627. The van der Waals surface area contributed by atoms with E-state index in [1.165, 1.54) is 0 Å². The number of rotatable bonds is 3. The molecular weight excluding hydrogens is 238 g/mol. The van der Waals surface area contributed by atoms with Crippen molar-refractivity contribution < 1.29 is 9.36 Å². The van der Waals surface area contributed by atoms with Crippen LogP contribution in [0.4, 0.5) is 5.69 Å². The van der Waals surface area contributed by atoms with Crippen molar-refractivity contribution in [2.45, 2.75) is 13.5 Å². The number of carbonyl (C=O) groups excluding carboxylic acids is 1. The van der Waals surface area contributed by atoms with Crippen molar-refractivity contribution >= 4 is 11.6 Å². The minimum atomic E-state index is -0.156. The van der Waals surface area contributed by atoms with Crippen LogP contribution in [0.25, 0.3) is 0 Å². The molecular formula is C15H14N3O+. The lowest BCUT2D eigenvalue weighted by Gasteiger charge is -2.04. The molecule has 0 bridgehead atoms. The number of aryl methyl sites for hydroxylation is 1. The van der Waals surface area contributed by atoms with E-state index < -0.39 is 0 Å². The Morgan fingerprint density at radius 1 is 1.26 bits per heavy atom. The van der Waals surface area contributed by atoms with E-state index in [0.29, 0.717) is 11.3 Å². The minimum Gasteiger partial charge on any atom is -0.319 e. The fourth-order valence-corrected chi connectivity index (χ4v) is 1.68. The highest BCUT2D eigenvalue weighted by Crippen LogP contribution is 2.12. The molecule has 4 heteroatoms. The number of anilines is 1. The smallest absolute Gasteiger partial charge is 0.290 e. The molecule has 0 spiro atoms. The molecule has 0 aliphatic carbocycles. The Kier molecular flexibility index (Phi) is 3.89. The Labute approximate surface area is 111 Å². The van der Waals surface area contributed by atoms with E-state index >= 15 is 0 Å². The van der Waals surface area contributed by atoms with Gasteiger partial charge in [-0.1, -0.05) is 12.1 Å². The lowest BCUT2D eigenvalue weighted by molar-refractivity contribution is -0.684. The minimum absolute atomic E-state index is 0.156. The van der Waals surface area contributed by atoms with Gasteiger partial charge >= 0.3 is 0 Å². The summed E-state index contributed by atoms with van der Waals surface area (Å²) >= 11 is 0. The summed E-state index contributed by atoms with van der Waals surface area (Å²) in [5, 5.41) is 11.7. The van der Waals surface area contributed by atoms with Crippen molar-refractivity contribution in [3.8, 4) is 6.07 Å². The second-order valence-electron chi connectivity index (χ2n) is 4.25. The number of nitriles is 1. The van der Waals surface area contributed by atoms with Crippen LogP contribution in [0.3, 0.4) is 0 Å². The lowest BCUT2D eigenvalue weighted by atomic mass is 10.2. The number of nitrogens with one attached hydrogen (secondary N) is 1. The zero-order chi connectivity index (χ0) is 13.7. The maximum Gasteiger partial charge on any atom is 0.290 e. The van der Waals surface area contributed by atoms with E-state index in [1.807, 2.05) is 31.5 Å². The van der Waals surface area contributed by atoms with Crippen LogP contribution in [0, 0.1) is 18.3 Å². The number of benzene rings is 1. The lowest BCUT2D eigenvalue weighted by Crippen LogP contribution is -2.39. The monoisotopic (exact) mass is 252 g/mol. The number of aromatic nitrogens is 1. The SMILES string of the molecule is Cc1cc[n+](CC(=O)Nc2ccccc2C#N)cc1. The molecule has 0 aliphatic heterocycles. The van der Waals surface area contributed by atoms with Crippen LogP contribution >= 0.6 is 0 Å². The van der Waals surface area contributed by atoms with Crippen LogP contribution in [0.15, 0.2) is 48.8 Å². The van der Waals surface area contributed by atoms with Gasteiger partial charge in [-0.15, -0.1) is 0 Å². The predicted molar refractivity (Wildman–Crippen MR) is 71.2 cm³/mol. The summed E-state index contributed by atoms with van der Waals surface area (Å²) in [4.78, 5) is 11.9. The zero-order valence-electron chi connectivity index (χ0n) is 10.6. The van der Waals surface area contributed by atoms with Gasteiger partial charge in [-0.3, -0.25) is 4.79 Å². The number of carbonyl (C=O) groups is 1. The first kappa shape index (κ1) is 12.8. The van der Waals surface area contributed by atoms with Crippen molar-refractivity contribution in [2.24, 2.45) is 0 Å². The Morgan fingerprint density at radius 3 is 2.63 bits per heavy atom. The van der Waals surface area contributed by atoms with Gasteiger partial charge in [0.2, 0.25) is 6.54 Å². The summed E-state index contributed by atoms with van der Waals surface area (Å²) in [6.07, 6.45) is 3.70. The number of para-hydroxylation sites is 1. The highest BCUT2D eigenvalue weighted by atomic mass is 16.1. The molecule has 0 unspecified atom stereocenters. The second kappa shape index (κ2) is 5.78. The molecule has 19 heavy (non-hydrogen) atoms. The standard InChI is InChI=1S/C15H13N3O/c1-12-6-8-18(9-7-12)11-15(19)17-14-5-3-2-4-13(14)10-16/h2-9H,11H2,1H3/p+1. The molecule has 4 nitrogen and oxygen atoms in total. The molecule has 0 saturated heterocycles. The van der Waals surface area contributed by atoms with Crippen LogP contribution in [0.5, 0.6) is 0 Å².